The van der Waals surface area contributed by atoms with Crippen molar-refractivity contribution >= 4 is 34.9 Å². The van der Waals surface area contributed by atoms with E-state index in [4.69, 9.17) is 16.3 Å². The highest BCUT2D eigenvalue weighted by molar-refractivity contribution is 6.31. The molecule has 0 N–H and O–H groups in total. The van der Waals surface area contributed by atoms with Crippen LogP contribution in [-0.4, -0.2) is 30.8 Å². The number of nitrogens with zero attached hydrogens (tertiary/aromatic N) is 1. The maximum atomic E-state index is 12.2. The summed E-state index contributed by atoms with van der Waals surface area (Å²) < 4.78 is 5.05. The van der Waals surface area contributed by atoms with E-state index in [1.807, 2.05) is 0 Å². The largest absolute Gasteiger partial charge is 0.457 e. The van der Waals surface area contributed by atoms with Crippen LogP contribution < -0.4 is 4.90 Å². The molecule has 2 aromatic rings. The zero-order valence-corrected chi connectivity index (χ0v) is 14.9. The van der Waals surface area contributed by atoms with E-state index >= 15 is 0 Å². The van der Waals surface area contributed by atoms with Crippen molar-refractivity contribution in [2.75, 3.05) is 18.1 Å². The second-order valence-corrected chi connectivity index (χ2v) is 6.46. The van der Waals surface area contributed by atoms with Crippen molar-refractivity contribution in [3.63, 3.8) is 0 Å². The summed E-state index contributed by atoms with van der Waals surface area (Å²) in [4.78, 5) is 37.5. The molecule has 0 radical (unpaired) electrons. The van der Waals surface area contributed by atoms with Crippen molar-refractivity contribution < 1.29 is 19.1 Å². The Balaban J connectivity index is 1.54. The maximum Gasteiger partial charge on any atom is 0.310 e. The van der Waals surface area contributed by atoms with E-state index < -0.39 is 5.97 Å². The standard InChI is InChI=1S/C20H18ClNO4/c21-17-5-2-1-4-15(17)12-20(25)26-13-18(23)14-7-9-16(10-8-14)22-11-3-6-19(22)24/h1-2,4-5,7-10H,3,6,11-13H2. The van der Waals surface area contributed by atoms with Crippen LogP contribution in [-0.2, 0) is 20.7 Å². The van der Waals surface area contributed by atoms with Crippen molar-refractivity contribution in [3.05, 3.63) is 64.7 Å². The number of ether oxygens (including phenoxy) is 1. The van der Waals surface area contributed by atoms with E-state index in [2.05, 4.69) is 0 Å². The van der Waals surface area contributed by atoms with Crippen LogP contribution in [0.25, 0.3) is 0 Å². The Bertz CT molecular complexity index is 832. The van der Waals surface area contributed by atoms with Crippen molar-refractivity contribution in [1.29, 1.82) is 0 Å². The Morgan fingerprint density at radius 1 is 1.08 bits per heavy atom. The van der Waals surface area contributed by atoms with Gasteiger partial charge >= 0.3 is 5.97 Å². The second-order valence-electron chi connectivity index (χ2n) is 6.05. The van der Waals surface area contributed by atoms with Gasteiger partial charge in [0.1, 0.15) is 0 Å². The number of benzene rings is 2. The van der Waals surface area contributed by atoms with E-state index in [0.717, 1.165) is 12.1 Å². The van der Waals surface area contributed by atoms with Crippen LogP contribution in [0.2, 0.25) is 5.02 Å². The van der Waals surface area contributed by atoms with Crippen LogP contribution in [0.5, 0.6) is 0 Å². The predicted molar refractivity (Wildman–Crippen MR) is 98.5 cm³/mol. The van der Waals surface area contributed by atoms with Gasteiger partial charge in [-0.15, -0.1) is 0 Å². The molecule has 1 amide bonds. The first kappa shape index (κ1) is 18.1. The van der Waals surface area contributed by atoms with Crippen LogP contribution in [0.3, 0.4) is 0 Å². The minimum Gasteiger partial charge on any atom is -0.457 e. The van der Waals surface area contributed by atoms with Gasteiger partial charge in [0.15, 0.2) is 12.4 Å². The number of carbonyl (C=O) groups is 3. The molecule has 134 valence electrons. The molecule has 1 fully saturated rings. The number of hydrogen-bond acceptors (Lipinski definition) is 4. The molecule has 1 aliphatic rings. The predicted octanol–water partition coefficient (Wildman–Crippen LogP) is 3.44. The lowest BCUT2D eigenvalue weighted by Gasteiger charge is -2.15. The van der Waals surface area contributed by atoms with Crippen molar-refractivity contribution in [3.8, 4) is 0 Å². The summed E-state index contributed by atoms with van der Waals surface area (Å²) in [5.41, 5.74) is 1.87. The average molecular weight is 372 g/mol. The highest BCUT2D eigenvalue weighted by Gasteiger charge is 2.21. The Morgan fingerprint density at radius 3 is 2.46 bits per heavy atom. The fourth-order valence-electron chi connectivity index (χ4n) is 2.83. The minimum atomic E-state index is -0.509. The Morgan fingerprint density at radius 2 is 1.81 bits per heavy atom. The van der Waals surface area contributed by atoms with E-state index in [9.17, 15) is 14.4 Å². The molecular formula is C20H18ClNO4. The van der Waals surface area contributed by atoms with Gasteiger partial charge in [-0.25, -0.2) is 0 Å². The van der Waals surface area contributed by atoms with Gasteiger partial charge in [0.2, 0.25) is 5.91 Å². The number of anilines is 1. The molecular weight excluding hydrogens is 354 g/mol. The second kappa shape index (κ2) is 8.15. The molecule has 0 aromatic heterocycles. The van der Waals surface area contributed by atoms with Gasteiger partial charge in [-0.2, -0.15) is 0 Å². The molecule has 5 nitrogen and oxygen atoms in total. The molecule has 26 heavy (non-hydrogen) atoms. The summed E-state index contributed by atoms with van der Waals surface area (Å²) in [6.45, 7) is 0.372. The van der Waals surface area contributed by atoms with Crippen LogP contribution in [0.1, 0.15) is 28.8 Å². The smallest absolute Gasteiger partial charge is 0.310 e. The van der Waals surface area contributed by atoms with Gasteiger partial charge in [0.05, 0.1) is 6.42 Å². The third-order valence-corrected chi connectivity index (χ3v) is 4.60. The first-order valence-corrected chi connectivity index (χ1v) is 8.75. The number of hydrogen-bond donors (Lipinski definition) is 0. The fourth-order valence-corrected chi connectivity index (χ4v) is 3.03. The highest BCUT2D eigenvalue weighted by atomic mass is 35.5. The first-order chi connectivity index (χ1) is 12.5. The molecule has 1 aliphatic heterocycles. The van der Waals surface area contributed by atoms with Crippen LogP contribution >= 0.6 is 11.6 Å². The lowest BCUT2D eigenvalue weighted by molar-refractivity contribution is -0.141. The molecule has 0 saturated carbocycles. The third kappa shape index (κ3) is 4.29. The quantitative estimate of drug-likeness (QED) is 0.576. The molecule has 1 saturated heterocycles. The van der Waals surface area contributed by atoms with E-state index in [-0.39, 0.29) is 24.7 Å². The van der Waals surface area contributed by atoms with E-state index in [1.54, 1.807) is 53.4 Å². The Kier molecular flexibility index (Phi) is 5.68. The Labute approximate surface area is 156 Å². The molecule has 2 aromatic carbocycles. The zero-order chi connectivity index (χ0) is 18.5. The molecule has 6 heteroatoms. The third-order valence-electron chi connectivity index (χ3n) is 4.23. The van der Waals surface area contributed by atoms with E-state index in [1.165, 1.54) is 0 Å². The maximum absolute atomic E-state index is 12.2. The highest BCUT2D eigenvalue weighted by Crippen LogP contribution is 2.22. The lowest BCUT2D eigenvalue weighted by Crippen LogP contribution is -2.23. The van der Waals surface area contributed by atoms with E-state index in [0.29, 0.717) is 29.1 Å². The molecule has 0 bridgehead atoms. The zero-order valence-electron chi connectivity index (χ0n) is 14.1. The summed E-state index contributed by atoms with van der Waals surface area (Å²) in [6.07, 6.45) is 1.42. The molecule has 0 aliphatic carbocycles. The first-order valence-electron chi connectivity index (χ1n) is 8.37. The minimum absolute atomic E-state index is 0.0168. The van der Waals surface area contributed by atoms with Crippen LogP contribution in [0, 0.1) is 0 Å². The van der Waals surface area contributed by atoms with Crippen LogP contribution in [0.15, 0.2) is 48.5 Å². The monoisotopic (exact) mass is 371 g/mol. The number of rotatable bonds is 6. The normalized spacial score (nSPS) is 13.7. The number of carbonyl (C=O) groups excluding carboxylic acids is 3. The number of halogens is 1. The van der Waals surface area contributed by atoms with Crippen molar-refractivity contribution in [2.24, 2.45) is 0 Å². The molecule has 1 heterocycles. The number of amides is 1. The number of Topliss-reactive ketones (excluding diaryl/α,β-unsaturated/α-hetero) is 1. The molecule has 0 spiro atoms. The molecule has 3 rings (SSSR count). The van der Waals surface area contributed by atoms with Gasteiger partial charge in [-0.1, -0.05) is 29.8 Å². The van der Waals surface area contributed by atoms with Crippen molar-refractivity contribution in [2.45, 2.75) is 19.3 Å². The number of esters is 1. The summed E-state index contributed by atoms with van der Waals surface area (Å²) >= 11 is 6.00. The van der Waals surface area contributed by atoms with Gasteiger partial charge in [0, 0.05) is 29.2 Å². The van der Waals surface area contributed by atoms with Crippen molar-refractivity contribution in [1.82, 2.24) is 0 Å². The number of ketones is 1. The summed E-state index contributed by atoms with van der Waals surface area (Å²) in [7, 11) is 0. The van der Waals surface area contributed by atoms with Crippen LogP contribution in [0.4, 0.5) is 5.69 Å². The lowest BCUT2D eigenvalue weighted by atomic mass is 10.1. The average Bonchev–Trinajstić information content (AvgIpc) is 3.08. The SMILES string of the molecule is O=C(Cc1ccccc1Cl)OCC(=O)c1ccc(N2CCCC2=O)cc1. The topological polar surface area (TPSA) is 63.7 Å². The van der Waals surface area contributed by atoms with Gasteiger partial charge < -0.3 is 9.64 Å². The Hall–Kier alpha value is -2.66. The van der Waals surface area contributed by atoms with Gasteiger partial charge in [-0.3, -0.25) is 14.4 Å². The fraction of sp³-hybridized carbons (Fsp3) is 0.250. The van der Waals surface area contributed by atoms with Gasteiger partial charge in [-0.05, 0) is 42.3 Å². The summed E-state index contributed by atoms with van der Waals surface area (Å²) in [5.74, 6) is -0.708. The molecule has 0 atom stereocenters. The van der Waals surface area contributed by atoms with Gasteiger partial charge in [0.25, 0.3) is 0 Å². The summed E-state index contributed by atoms with van der Waals surface area (Å²) in [5, 5.41) is 0.489. The summed E-state index contributed by atoms with van der Waals surface area (Å²) in [6, 6.07) is 13.8. The molecule has 0 unspecified atom stereocenters.